The number of aromatic amines is 2. The summed E-state index contributed by atoms with van der Waals surface area (Å²) in [4.78, 5) is 33.1. The first-order valence-corrected chi connectivity index (χ1v) is 11.1. The van der Waals surface area contributed by atoms with Crippen LogP contribution < -0.4 is 26.6 Å². The minimum absolute atomic E-state index is 0.212. The van der Waals surface area contributed by atoms with Crippen molar-refractivity contribution < 1.29 is 4.74 Å². The summed E-state index contributed by atoms with van der Waals surface area (Å²) >= 11 is 3.21. The van der Waals surface area contributed by atoms with Gasteiger partial charge in [-0.1, -0.05) is 12.1 Å². The highest BCUT2D eigenvalue weighted by Crippen LogP contribution is 2.25. The minimum atomic E-state index is -0.344. The van der Waals surface area contributed by atoms with Gasteiger partial charge in [0.05, 0.1) is 4.21 Å². The van der Waals surface area contributed by atoms with Crippen molar-refractivity contribution in [3.05, 3.63) is 78.2 Å². The number of nitrogens with zero attached hydrogens (tertiary/aromatic N) is 1. The number of thiophene rings is 1. The number of rotatable bonds is 7. The molecular formula is C21H23N3O3S2. The van der Waals surface area contributed by atoms with Crippen LogP contribution in [-0.4, -0.2) is 48.4 Å². The van der Waals surface area contributed by atoms with E-state index in [0.29, 0.717) is 6.61 Å². The van der Waals surface area contributed by atoms with Gasteiger partial charge in [-0.05, 0) is 62.3 Å². The van der Waals surface area contributed by atoms with Crippen molar-refractivity contribution in [2.75, 3.05) is 33.5 Å². The molecule has 3 aromatic rings. The Balaban J connectivity index is 1.84. The maximum atomic E-state index is 12.4. The third-order valence-electron chi connectivity index (χ3n) is 4.07. The Bertz CT molecular complexity index is 1190. The van der Waals surface area contributed by atoms with E-state index >= 15 is 0 Å². The van der Waals surface area contributed by atoms with Gasteiger partial charge in [0.2, 0.25) is 0 Å². The second-order valence-electron chi connectivity index (χ2n) is 6.61. The van der Waals surface area contributed by atoms with Crippen molar-refractivity contribution in [3.63, 3.8) is 0 Å². The topological polar surface area (TPSA) is 78.2 Å². The molecule has 1 aromatic carbocycles. The van der Waals surface area contributed by atoms with Crippen LogP contribution in [0.1, 0.15) is 10.4 Å². The van der Waals surface area contributed by atoms with Gasteiger partial charge in [-0.25, -0.2) is 0 Å². The molecule has 0 aliphatic carbocycles. The summed E-state index contributed by atoms with van der Waals surface area (Å²) in [6.07, 6.45) is 5.33. The molecule has 0 fully saturated rings. The van der Waals surface area contributed by atoms with Gasteiger partial charge in [0.1, 0.15) is 23.1 Å². The predicted molar refractivity (Wildman–Crippen MR) is 121 cm³/mol. The average molecular weight is 430 g/mol. The third kappa shape index (κ3) is 5.96. The molecule has 152 valence electrons. The van der Waals surface area contributed by atoms with E-state index in [1.807, 2.05) is 61.6 Å². The molecule has 0 unspecified atom stereocenters. The van der Waals surface area contributed by atoms with Crippen LogP contribution in [0.4, 0.5) is 0 Å². The lowest BCUT2D eigenvalue weighted by Gasteiger charge is -2.10. The Kier molecular flexibility index (Phi) is 7.13. The van der Waals surface area contributed by atoms with E-state index in [4.69, 9.17) is 4.74 Å². The Hall–Kier alpha value is -2.55. The smallest absolute Gasteiger partial charge is 0.272 e. The summed E-state index contributed by atoms with van der Waals surface area (Å²) in [7, 11) is 3.98. The fourth-order valence-corrected chi connectivity index (χ4v) is 4.04. The molecule has 0 amide bonds. The normalized spacial score (nSPS) is 12.7. The van der Waals surface area contributed by atoms with Crippen molar-refractivity contribution in [2.45, 2.75) is 4.21 Å². The second-order valence-corrected chi connectivity index (χ2v) is 8.83. The molecule has 0 spiro atoms. The van der Waals surface area contributed by atoms with Gasteiger partial charge in [-0.3, -0.25) is 9.59 Å². The number of likely N-dealkylation sites (N-methyl/N-ethyl adjacent to an activating group) is 1. The number of nitrogens with one attached hydrogen (secondary N) is 2. The number of thioether (sulfide) groups is 1. The van der Waals surface area contributed by atoms with Crippen molar-refractivity contribution in [1.29, 1.82) is 0 Å². The molecule has 0 saturated carbocycles. The molecule has 0 radical (unpaired) electrons. The summed E-state index contributed by atoms with van der Waals surface area (Å²) in [6, 6.07) is 11.3. The summed E-state index contributed by atoms with van der Waals surface area (Å²) in [5.41, 5.74) is 0.119. The highest BCUT2D eigenvalue weighted by molar-refractivity contribution is 8.00. The SMILES string of the molecule is CSc1ccc(/C=c2\[nH]c(=O)/c(=C/c3ccc(OCCN(C)C)cc3)[nH]c2=O)s1. The van der Waals surface area contributed by atoms with E-state index in [2.05, 4.69) is 9.97 Å². The van der Waals surface area contributed by atoms with Gasteiger partial charge in [0.25, 0.3) is 11.1 Å². The van der Waals surface area contributed by atoms with Crippen LogP contribution in [0.2, 0.25) is 0 Å². The lowest BCUT2D eigenvalue weighted by Crippen LogP contribution is -2.46. The van der Waals surface area contributed by atoms with Crippen molar-refractivity contribution in [1.82, 2.24) is 14.9 Å². The van der Waals surface area contributed by atoms with Crippen molar-refractivity contribution in [2.24, 2.45) is 0 Å². The zero-order valence-electron chi connectivity index (χ0n) is 16.5. The Morgan fingerprint density at radius 2 is 1.66 bits per heavy atom. The zero-order chi connectivity index (χ0) is 20.8. The molecule has 2 aromatic heterocycles. The number of aromatic nitrogens is 2. The second kappa shape index (κ2) is 9.78. The van der Waals surface area contributed by atoms with E-state index in [9.17, 15) is 9.59 Å². The molecule has 3 rings (SSSR count). The summed E-state index contributed by atoms with van der Waals surface area (Å²) in [6.45, 7) is 1.43. The molecule has 29 heavy (non-hydrogen) atoms. The maximum Gasteiger partial charge on any atom is 0.272 e. The first kappa shape index (κ1) is 21.2. The van der Waals surface area contributed by atoms with Crippen LogP contribution >= 0.6 is 23.1 Å². The largest absolute Gasteiger partial charge is 0.492 e. The lowest BCUT2D eigenvalue weighted by atomic mass is 10.2. The highest BCUT2D eigenvalue weighted by atomic mass is 32.2. The predicted octanol–water partition coefficient (Wildman–Crippen LogP) is 1.44. The maximum absolute atomic E-state index is 12.4. The molecular weight excluding hydrogens is 406 g/mol. The Morgan fingerprint density at radius 3 is 2.24 bits per heavy atom. The van der Waals surface area contributed by atoms with Gasteiger partial charge in [0, 0.05) is 11.4 Å². The van der Waals surface area contributed by atoms with Gasteiger partial charge < -0.3 is 19.6 Å². The molecule has 0 saturated heterocycles. The van der Waals surface area contributed by atoms with E-state index in [1.54, 1.807) is 35.3 Å². The number of benzene rings is 1. The monoisotopic (exact) mass is 429 g/mol. The van der Waals surface area contributed by atoms with Crippen molar-refractivity contribution >= 4 is 35.3 Å². The highest BCUT2D eigenvalue weighted by Gasteiger charge is 2.00. The fourth-order valence-electron chi connectivity index (χ4n) is 2.53. The van der Waals surface area contributed by atoms with Gasteiger partial charge in [-0.15, -0.1) is 23.1 Å². The van der Waals surface area contributed by atoms with E-state index in [1.165, 1.54) is 0 Å². The standard InChI is InChI=1S/C21H23N3O3S2/c1-24(2)10-11-27-15-6-4-14(5-7-15)12-17-20(25)23-18(21(26)22-17)13-16-8-9-19(28-3)29-16/h4-9,12-13H,10-11H2,1-3H3,(H,22,26)(H,23,25)/b17-12-,18-13-. The fraction of sp³-hybridized carbons (Fsp3) is 0.238. The number of ether oxygens (including phenoxy) is 1. The summed E-state index contributed by atoms with van der Waals surface area (Å²) in [5.74, 6) is 0.761. The van der Waals surface area contributed by atoms with Gasteiger partial charge >= 0.3 is 0 Å². The van der Waals surface area contributed by atoms with Gasteiger partial charge in [-0.2, -0.15) is 0 Å². The Morgan fingerprint density at radius 1 is 1.00 bits per heavy atom. The molecule has 6 nitrogen and oxygen atoms in total. The van der Waals surface area contributed by atoms with Gasteiger partial charge in [0.15, 0.2) is 0 Å². The number of hydrogen-bond donors (Lipinski definition) is 2. The molecule has 0 bridgehead atoms. The summed E-state index contributed by atoms with van der Waals surface area (Å²) < 4.78 is 6.81. The molecule has 0 aliphatic heterocycles. The summed E-state index contributed by atoms with van der Waals surface area (Å²) in [5, 5.41) is 0.454. The first-order chi connectivity index (χ1) is 13.9. The zero-order valence-corrected chi connectivity index (χ0v) is 18.2. The average Bonchev–Trinajstić information content (AvgIpc) is 3.14. The Labute approximate surface area is 176 Å². The number of hydrogen-bond acceptors (Lipinski definition) is 6. The van der Waals surface area contributed by atoms with Crippen molar-refractivity contribution in [3.8, 4) is 5.75 Å². The molecule has 0 atom stereocenters. The van der Waals surface area contributed by atoms with E-state index in [-0.39, 0.29) is 21.8 Å². The van der Waals surface area contributed by atoms with Crippen LogP contribution in [0.5, 0.6) is 5.75 Å². The van der Waals surface area contributed by atoms with Crippen LogP contribution in [0, 0.1) is 0 Å². The van der Waals surface area contributed by atoms with Crippen LogP contribution in [0.15, 0.2) is 50.2 Å². The number of H-pyrrole nitrogens is 2. The quantitative estimate of drug-likeness (QED) is 0.556. The van der Waals surface area contributed by atoms with E-state index in [0.717, 1.165) is 26.9 Å². The molecule has 0 aliphatic rings. The van der Waals surface area contributed by atoms with E-state index < -0.39 is 0 Å². The van der Waals surface area contributed by atoms with Crippen LogP contribution in [-0.2, 0) is 0 Å². The van der Waals surface area contributed by atoms with Crippen LogP contribution in [0.3, 0.4) is 0 Å². The molecule has 2 heterocycles. The van der Waals surface area contributed by atoms with Crippen LogP contribution in [0.25, 0.3) is 12.2 Å². The molecule has 8 heteroatoms. The third-order valence-corrected chi connectivity index (χ3v) is 6.19. The lowest BCUT2D eigenvalue weighted by molar-refractivity contribution is 0.261. The first-order valence-electron chi connectivity index (χ1n) is 9.02. The molecule has 2 N–H and O–H groups in total. The minimum Gasteiger partial charge on any atom is -0.492 e.